The molecule has 12 rings (SSSR count). The predicted octanol–water partition coefficient (Wildman–Crippen LogP) is 36.9. The molecule has 0 fully saturated rings. The summed E-state index contributed by atoms with van der Waals surface area (Å²) in [6.45, 7) is 145. The Hall–Kier alpha value is -2.02. The summed E-state index contributed by atoms with van der Waals surface area (Å²) >= 11 is 16.2. The Labute approximate surface area is 895 Å². The molecule has 140 heavy (non-hydrogen) atoms. The molecule has 0 aliphatic rings. The molecule has 0 unspecified atom stereocenters. The monoisotopic (exact) mass is 2200 g/mol. The van der Waals surface area contributed by atoms with E-state index in [0.29, 0.717) is 133 Å². The molecule has 0 saturated carbocycles. The first kappa shape index (κ1) is 121. The highest BCUT2D eigenvalue weighted by Gasteiger charge is 2.57. The zero-order valence-corrected chi connectivity index (χ0v) is 115. The smallest absolute Gasteiger partial charge is 0.154 e. The van der Waals surface area contributed by atoms with Crippen molar-refractivity contribution in [1.29, 1.82) is 0 Å². The van der Waals surface area contributed by atoms with Gasteiger partial charge in [-0.3, -0.25) is 0 Å². The van der Waals surface area contributed by atoms with E-state index in [1.54, 1.807) is 0 Å². The second kappa shape index (κ2) is 43.3. The van der Waals surface area contributed by atoms with Gasteiger partial charge < -0.3 is 18.3 Å². The highest BCUT2D eigenvalue weighted by molar-refractivity contribution is 7.41. The average Bonchev–Trinajstić information content (AvgIpc) is 1.55. The molecule has 0 N–H and O–H groups in total. The van der Waals surface area contributed by atoms with E-state index in [4.69, 9.17) is 39.9 Å². The molecule has 0 aliphatic heterocycles. The van der Waals surface area contributed by atoms with E-state index in [-0.39, 0.29) is 22.2 Å². The van der Waals surface area contributed by atoms with Crippen LogP contribution in [0, 0.1) is 0 Å². The lowest BCUT2D eigenvalue weighted by Gasteiger charge is -2.41. The summed E-state index contributed by atoms with van der Waals surface area (Å²) in [5.41, 5.74) is 25.1. The van der Waals surface area contributed by atoms with Crippen molar-refractivity contribution in [2.45, 2.75) is 571 Å². The van der Waals surface area contributed by atoms with Crippen molar-refractivity contribution in [2.24, 2.45) is 0 Å². The lowest BCUT2D eigenvalue weighted by molar-refractivity contribution is 0.419. The van der Waals surface area contributed by atoms with E-state index in [1.165, 1.54) is 120 Å². The van der Waals surface area contributed by atoms with Gasteiger partial charge in [0.1, 0.15) is 64.6 Å². The molecule has 28 heteroatoms. The maximum Gasteiger partial charge on any atom is 0.154 e. The van der Waals surface area contributed by atoms with Crippen molar-refractivity contribution in [3.8, 4) is 0 Å². The fourth-order valence-corrected chi connectivity index (χ4v) is 109. The van der Waals surface area contributed by atoms with Gasteiger partial charge in [0.15, 0.2) is 45.2 Å². The molecule has 12 aromatic rings. The van der Waals surface area contributed by atoms with Gasteiger partial charge in [-0.2, -0.15) is 0 Å². The zero-order chi connectivity index (χ0) is 107. The summed E-state index contributed by atoms with van der Waals surface area (Å²) in [4.78, 5) is 44.3. The summed E-state index contributed by atoms with van der Waals surface area (Å²) in [6, 6.07) is 0. The van der Waals surface area contributed by atoms with E-state index in [2.05, 4.69) is 434 Å². The average molecular weight is 2200 g/mol. The Morgan fingerprint density at radius 2 is 0.200 bits per heavy atom. The van der Waals surface area contributed by atoms with Gasteiger partial charge in [-0.25, -0.2) is 39.9 Å². The molecule has 0 atom stereocenters. The van der Waals surface area contributed by atoms with Crippen LogP contribution in [-0.4, -0.2) is 123 Å². The molecule has 0 spiro atoms. The summed E-state index contributed by atoms with van der Waals surface area (Å²) in [6.07, 6.45) is 0. The van der Waals surface area contributed by atoms with Crippen LogP contribution in [0.25, 0.3) is 82.8 Å². The van der Waals surface area contributed by atoms with Gasteiger partial charge in [0.25, 0.3) is 0 Å². The van der Waals surface area contributed by atoms with Crippen LogP contribution in [-0.2, 0) is 22.2 Å². The van der Waals surface area contributed by atoms with Crippen LogP contribution in [0.2, 0.25) is 133 Å². The van der Waals surface area contributed by atoms with Crippen molar-refractivity contribution in [3.05, 3.63) is 0 Å². The van der Waals surface area contributed by atoms with Gasteiger partial charge in [-0.15, -0.1) is 90.7 Å². The van der Waals surface area contributed by atoms with Crippen molar-refractivity contribution < 1.29 is 0 Å². The first-order chi connectivity index (χ1) is 63.8. The molecule has 12 aromatic heterocycles. The van der Waals surface area contributed by atoms with Crippen LogP contribution in [0.1, 0.15) is 415 Å². The number of fused-ring (bicyclic) bond motifs is 12. The molecule has 0 aliphatic carbocycles. The molecule has 0 aromatic carbocycles. The molecular formula is C112H204N12S8Si8. The van der Waals surface area contributed by atoms with Crippen LogP contribution in [0.3, 0.4) is 0 Å². The van der Waals surface area contributed by atoms with Gasteiger partial charge in [0, 0.05) is 22.2 Å². The maximum absolute atomic E-state index is 5.54. The van der Waals surface area contributed by atoms with Gasteiger partial charge in [0.05, 0.1) is 74.6 Å². The fraction of sp³-hybridized carbons (Fsp3) is 0.786. The summed E-state index contributed by atoms with van der Waals surface area (Å²) in [7, 11) is -14.5. The van der Waals surface area contributed by atoms with Crippen LogP contribution >= 0.6 is 90.7 Å². The summed E-state index contributed by atoms with van der Waals surface area (Å²) in [5, 5.41) is 0. The van der Waals surface area contributed by atoms with Crippen LogP contribution in [0.15, 0.2) is 0 Å². The minimum absolute atomic E-state index is 0.0634. The normalized spacial score (nSPS) is 14.5. The Morgan fingerprint density at radius 3 is 0.250 bits per heavy atom. The van der Waals surface area contributed by atoms with Crippen molar-refractivity contribution in [3.63, 3.8) is 0 Å². The van der Waals surface area contributed by atoms with Gasteiger partial charge in [-0.1, -0.05) is 332 Å². The third-order valence-corrected chi connectivity index (χ3v) is 107. The minimum Gasteiger partial charge on any atom is -0.303 e. The maximum atomic E-state index is 5.54. The first-order valence-electron chi connectivity index (χ1n) is 55.2. The number of hydrogen-bond acceptors (Lipinski definition) is 16. The Kier molecular flexibility index (Phi) is 37.5. The van der Waals surface area contributed by atoms with Crippen LogP contribution < -0.4 is 37.0 Å². The van der Waals surface area contributed by atoms with Crippen molar-refractivity contribution in [1.82, 2.24) is 58.1 Å². The first-order valence-corrected chi connectivity index (χ1v) is 79.6. The van der Waals surface area contributed by atoms with Gasteiger partial charge in [0.2, 0.25) is 0 Å². The molecule has 12 nitrogen and oxygen atoms in total. The molecule has 792 valence electrons. The van der Waals surface area contributed by atoms with Gasteiger partial charge >= 0.3 is 0 Å². The molecule has 0 bridgehead atoms. The Bertz CT molecular complexity index is 4920. The third-order valence-electron chi connectivity index (χ3n) is 36.0. The standard InChI is InChI=1S/4C28H51N3S2Si2/c4*1-16(2)34(17(3)4,18(5)6)26-29-24-22(32-26)23-25(31(24)28(13,14)15)30-27(33-23)35(19(7)8,20(9)10)21(11)12/h4*16-21H,1-15H3. The quantitative estimate of drug-likeness (QED) is 0.0382. The predicted molar refractivity (Wildman–Crippen MR) is 669 cm³/mol. The summed E-state index contributed by atoms with van der Waals surface area (Å²) in [5.74, 6) is 0. The van der Waals surface area contributed by atoms with E-state index < -0.39 is 64.6 Å². The fourth-order valence-electron chi connectivity index (χ4n) is 31.2. The number of rotatable bonds is 32. The van der Waals surface area contributed by atoms with E-state index >= 15 is 0 Å². The number of hydrogen-bond donors (Lipinski definition) is 0. The topological polar surface area (TPSA) is 123 Å². The van der Waals surface area contributed by atoms with Crippen LogP contribution in [0.4, 0.5) is 0 Å². The lowest BCUT2D eigenvalue weighted by atomic mass is 10.1. The molecule has 12 heterocycles. The molecule has 0 radical (unpaired) electrons. The lowest BCUT2D eigenvalue weighted by Crippen LogP contribution is -2.55. The number of aromatic nitrogens is 12. The number of nitrogens with zero attached hydrogens (tertiary/aromatic N) is 12. The largest absolute Gasteiger partial charge is 0.303 e. The van der Waals surface area contributed by atoms with Gasteiger partial charge in [-0.05, 0) is 216 Å². The van der Waals surface area contributed by atoms with E-state index in [9.17, 15) is 0 Å². The summed E-state index contributed by atoms with van der Waals surface area (Å²) < 4.78 is 32.7. The zero-order valence-electron chi connectivity index (χ0n) is 100. The second-order valence-corrected chi connectivity index (χ2v) is 112. The minimum atomic E-state index is -1.82. The van der Waals surface area contributed by atoms with Crippen LogP contribution in [0.5, 0.6) is 0 Å². The Morgan fingerprint density at radius 1 is 0.136 bits per heavy atom. The number of thiazole rings is 8. The highest BCUT2D eigenvalue weighted by Crippen LogP contribution is 2.56. The second-order valence-electron chi connectivity index (χ2n) is 54.6. The van der Waals surface area contributed by atoms with E-state index in [0.717, 1.165) is 0 Å². The molecule has 0 amide bonds. The van der Waals surface area contributed by atoms with Crippen molar-refractivity contribution >= 4 is 275 Å². The van der Waals surface area contributed by atoms with E-state index in [1.807, 2.05) is 90.7 Å². The molecular weight excluding hydrogens is 1990 g/mol. The Balaban J connectivity index is 0.000000209. The highest BCUT2D eigenvalue weighted by atomic mass is 32.1. The SMILES string of the molecule is CC(C)[Si](c1nc2c(s1)c1sc([Si](C(C)C)(C(C)C)C(C)C)nc1n2C(C)(C)C)(C(C)C)C(C)C.CC(C)[Si](c1nc2c(s1)c1sc([Si](C(C)C)(C(C)C)C(C)C)nc1n2C(C)(C)C)(C(C)C)C(C)C.CC(C)[Si](c1nc2c(s1)c1sc([Si](C(C)C)(C(C)C)C(C)C)nc1n2C(C)(C)C)(C(C)C)C(C)C.CC(C)[Si](c1nc2c(s1)c1sc([Si](C(C)C)(C(C)C)C(C)C)nc1n2C(C)(C)C)(C(C)C)C(C)C. The molecule has 0 saturated heterocycles. The third kappa shape index (κ3) is 19.3. The van der Waals surface area contributed by atoms with Crippen molar-refractivity contribution in [2.75, 3.05) is 0 Å².